The Hall–Kier alpha value is -3.52. The van der Waals surface area contributed by atoms with Crippen LogP contribution in [-0.2, 0) is 17.9 Å². The van der Waals surface area contributed by atoms with Crippen molar-refractivity contribution < 1.29 is 4.79 Å². The molecule has 1 N–H and O–H groups in total. The molecule has 0 unspecified atom stereocenters. The molecule has 0 aliphatic carbocycles. The molecule has 8 nitrogen and oxygen atoms in total. The van der Waals surface area contributed by atoms with E-state index in [0.717, 1.165) is 11.1 Å². The van der Waals surface area contributed by atoms with Gasteiger partial charge in [-0.2, -0.15) is 4.68 Å². The molecule has 0 bridgehead atoms. The van der Waals surface area contributed by atoms with Crippen LogP contribution >= 0.6 is 11.6 Å². The Kier molecular flexibility index (Phi) is 5.09. The number of nitrogens with zero attached hydrogens (tertiary/aromatic N) is 5. The van der Waals surface area contributed by atoms with Gasteiger partial charge in [0.05, 0.1) is 5.69 Å². The summed E-state index contributed by atoms with van der Waals surface area (Å²) < 4.78 is 2.66. The van der Waals surface area contributed by atoms with Crippen LogP contribution < -0.4 is 10.9 Å². The van der Waals surface area contributed by atoms with Crippen LogP contribution in [0.5, 0.6) is 0 Å². The first-order valence-corrected chi connectivity index (χ1v) is 9.29. The average Bonchev–Trinajstić information content (AvgIpc) is 3.16. The summed E-state index contributed by atoms with van der Waals surface area (Å²) >= 11 is 6.18. The minimum atomic E-state index is -0.436. The topological polar surface area (TPSA) is 94.7 Å². The highest BCUT2D eigenvalue weighted by atomic mass is 35.5. The van der Waals surface area contributed by atoms with Crippen molar-refractivity contribution in [1.29, 1.82) is 0 Å². The van der Waals surface area contributed by atoms with Crippen molar-refractivity contribution in [3.63, 3.8) is 0 Å². The van der Waals surface area contributed by atoms with Gasteiger partial charge in [0.25, 0.3) is 5.56 Å². The summed E-state index contributed by atoms with van der Waals surface area (Å²) in [6, 6.07) is 14.9. The van der Waals surface area contributed by atoms with Crippen molar-refractivity contribution in [1.82, 2.24) is 29.9 Å². The van der Waals surface area contributed by atoms with Gasteiger partial charge in [0, 0.05) is 11.6 Å². The fourth-order valence-corrected chi connectivity index (χ4v) is 3.03. The van der Waals surface area contributed by atoms with Crippen molar-refractivity contribution in [2.45, 2.75) is 20.0 Å². The summed E-state index contributed by atoms with van der Waals surface area (Å²) in [5.74, 6) is -0.296. The SMILES string of the molecule is Cc1ccc(-n2nnc3c(=O)n(CC(=O)NCc4ccccc4)cnc32)cc1Cl. The second-order valence-corrected chi connectivity index (χ2v) is 6.95. The van der Waals surface area contributed by atoms with Crippen molar-refractivity contribution in [3.05, 3.63) is 81.4 Å². The maximum Gasteiger partial charge on any atom is 0.284 e. The minimum absolute atomic E-state index is 0.0834. The number of hydrogen-bond acceptors (Lipinski definition) is 5. The number of halogens is 1. The predicted molar refractivity (Wildman–Crippen MR) is 109 cm³/mol. The predicted octanol–water partition coefficient (Wildman–Crippen LogP) is 2.26. The molecular formula is C20H17ClN6O2. The first-order chi connectivity index (χ1) is 14.0. The number of aryl methyl sites for hydroxylation is 1. The summed E-state index contributed by atoms with van der Waals surface area (Å²) in [5.41, 5.74) is 2.50. The van der Waals surface area contributed by atoms with Gasteiger partial charge in [-0.1, -0.05) is 53.2 Å². The third-order valence-electron chi connectivity index (χ3n) is 4.48. The van der Waals surface area contributed by atoms with E-state index in [-0.39, 0.29) is 18.0 Å². The summed E-state index contributed by atoms with van der Waals surface area (Å²) in [5, 5.41) is 11.3. The number of benzene rings is 2. The molecule has 2 aromatic carbocycles. The number of fused-ring (bicyclic) bond motifs is 1. The van der Waals surface area contributed by atoms with Gasteiger partial charge in [0.15, 0.2) is 11.2 Å². The molecule has 9 heteroatoms. The van der Waals surface area contributed by atoms with Crippen LogP contribution in [0.1, 0.15) is 11.1 Å². The molecule has 0 aliphatic heterocycles. The van der Waals surface area contributed by atoms with Gasteiger partial charge < -0.3 is 5.32 Å². The minimum Gasteiger partial charge on any atom is -0.350 e. The molecule has 0 aliphatic rings. The maximum absolute atomic E-state index is 12.7. The highest BCUT2D eigenvalue weighted by Crippen LogP contribution is 2.20. The third kappa shape index (κ3) is 3.88. The van der Waals surface area contributed by atoms with Gasteiger partial charge in [-0.05, 0) is 30.2 Å². The first kappa shape index (κ1) is 18.8. The molecule has 0 spiro atoms. The van der Waals surface area contributed by atoms with Crippen LogP contribution in [0.25, 0.3) is 16.9 Å². The van der Waals surface area contributed by atoms with E-state index >= 15 is 0 Å². The number of nitrogens with one attached hydrogen (secondary N) is 1. The quantitative estimate of drug-likeness (QED) is 0.546. The Bertz CT molecular complexity index is 1250. The molecule has 146 valence electrons. The molecule has 0 atom stereocenters. The Morgan fingerprint density at radius 2 is 1.97 bits per heavy atom. The molecule has 4 rings (SSSR count). The Morgan fingerprint density at radius 3 is 2.72 bits per heavy atom. The lowest BCUT2D eigenvalue weighted by Crippen LogP contribution is -2.32. The van der Waals surface area contributed by atoms with E-state index in [1.165, 1.54) is 15.6 Å². The summed E-state index contributed by atoms with van der Waals surface area (Å²) in [6.45, 7) is 2.12. The summed E-state index contributed by atoms with van der Waals surface area (Å²) in [7, 11) is 0. The number of hydrogen-bond donors (Lipinski definition) is 1. The van der Waals surface area contributed by atoms with Crippen molar-refractivity contribution >= 4 is 28.7 Å². The zero-order valence-corrected chi connectivity index (χ0v) is 16.3. The standard InChI is InChI=1S/C20H17ClN6O2/c1-13-7-8-15(9-16(13)21)27-19-18(24-25-27)20(29)26(12-23-19)11-17(28)22-10-14-5-3-2-4-6-14/h2-9,12H,10-11H2,1H3,(H,22,28). The number of carbonyl (C=O) groups excluding carboxylic acids is 1. The zero-order valence-electron chi connectivity index (χ0n) is 15.5. The van der Waals surface area contributed by atoms with Crippen LogP contribution in [0.3, 0.4) is 0 Å². The van der Waals surface area contributed by atoms with Crippen LogP contribution in [0.4, 0.5) is 0 Å². The van der Waals surface area contributed by atoms with Crippen LogP contribution in [-0.4, -0.2) is 30.5 Å². The largest absolute Gasteiger partial charge is 0.350 e. The Morgan fingerprint density at radius 1 is 1.17 bits per heavy atom. The number of aromatic nitrogens is 5. The molecule has 1 amide bonds. The molecule has 2 heterocycles. The van der Waals surface area contributed by atoms with Gasteiger partial charge in [0.2, 0.25) is 5.91 Å². The molecule has 0 radical (unpaired) electrons. The van der Waals surface area contributed by atoms with Crippen molar-refractivity contribution in [2.75, 3.05) is 0 Å². The van der Waals surface area contributed by atoms with Gasteiger partial charge in [-0.3, -0.25) is 14.2 Å². The van der Waals surface area contributed by atoms with Crippen LogP contribution in [0, 0.1) is 6.92 Å². The van der Waals surface area contributed by atoms with E-state index < -0.39 is 5.56 Å². The van der Waals surface area contributed by atoms with Gasteiger partial charge in [-0.25, -0.2) is 4.98 Å². The first-order valence-electron chi connectivity index (χ1n) is 8.91. The molecule has 29 heavy (non-hydrogen) atoms. The van der Waals surface area contributed by atoms with E-state index in [0.29, 0.717) is 22.9 Å². The fourth-order valence-electron chi connectivity index (χ4n) is 2.85. The van der Waals surface area contributed by atoms with E-state index in [9.17, 15) is 9.59 Å². The van der Waals surface area contributed by atoms with Gasteiger partial charge >= 0.3 is 0 Å². The lowest BCUT2D eigenvalue weighted by molar-refractivity contribution is -0.121. The van der Waals surface area contributed by atoms with E-state index in [1.54, 1.807) is 6.07 Å². The number of amides is 1. The fraction of sp³-hybridized carbons (Fsp3) is 0.150. The van der Waals surface area contributed by atoms with Crippen LogP contribution in [0.15, 0.2) is 59.7 Å². The summed E-state index contributed by atoms with van der Waals surface area (Å²) in [4.78, 5) is 29.2. The Balaban J connectivity index is 1.56. The zero-order chi connectivity index (χ0) is 20.4. The third-order valence-corrected chi connectivity index (χ3v) is 4.88. The lowest BCUT2D eigenvalue weighted by Gasteiger charge is -2.07. The second-order valence-electron chi connectivity index (χ2n) is 6.55. The van der Waals surface area contributed by atoms with Crippen molar-refractivity contribution in [3.8, 4) is 5.69 Å². The number of rotatable bonds is 5. The van der Waals surface area contributed by atoms with E-state index in [2.05, 4.69) is 20.6 Å². The molecule has 0 saturated heterocycles. The lowest BCUT2D eigenvalue weighted by atomic mass is 10.2. The smallest absolute Gasteiger partial charge is 0.284 e. The average molecular weight is 409 g/mol. The van der Waals surface area contributed by atoms with E-state index in [1.807, 2.05) is 49.4 Å². The molecule has 0 saturated carbocycles. The monoisotopic (exact) mass is 408 g/mol. The van der Waals surface area contributed by atoms with Gasteiger partial charge in [0.1, 0.15) is 12.9 Å². The molecule has 4 aromatic rings. The second kappa shape index (κ2) is 7.84. The molecular weight excluding hydrogens is 392 g/mol. The highest BCUT2D eigenvalue weighted by Gasteiger charge is 2.15. The molecule has 2 aromatic heterocycles. The molecule has 0 fully saturated rings. The van der Waals surface area contributed by atoms with Crippen LogP contribution in [0.2, 0.25) is 5.02 Å². The van der Waals surface area contributed by atoms with Crippen molar-refractivity contribution in [2.24, 2.45) is 0 Å². The van der Waals surface area contributed by atoms with E-state index in [4.69, 9.17) is 11.6 Å². The normalized spacial score (nSPS) is 11.0. The van der Waals surface area contributed by atoms with Gasteiger partial charge in [-0.15, -0.1) is 5.10 Å². The highest BCUT2D eigenvalue weighted by molar-refractivity contribution is 6.31. The number of carbonyl (C=O) groups is 1. The Labute approximate surface area is 170 Å². The summed E-state index contributed by atoms with van der Waals surface area (Å²) in [6.07, 6.45) is 1.32. The maximum atomic E-state index is 12.7.